The monoisotopic (exact) mass is 303 g/mol. The molecule has 4 nitrogen and oxygen atoms in total. The van der Waals surface area contributed by atoms with Gasteiger partial charge in [-0.25, -0.2) is 0 Å². The van der Waals surface area contributed by atoms with Crippen molar-refractivity contribution in [2.45, 2.75) is 51.5 Å². The molecular weight excluding hydrogens is 274 g/mol. The molecule has 0 bridgehead atoms. The number of hydrogen-bond acceptors (Lipinski definition) is 3. The Morgan fingerprint density at radius 1 is 1.15 bits per heavy atom. The van der Waals surface area contributed by atoms with Gasteiger partial charge in [-0.05, 0) is 70.0 Å². The van der Waals surface area contributed by atoms with Gasteiger partial charge in [-0.1, -0.05) is 6.92 Å². The largest absolute Gasteiger partial charge is 0.352 e. The molecule has 0 aromatic rings. The number of hydrogen-bond donors (Lipinski definition) is 2. The number of rotatable bonds is 4. The average Bonchev–Trinajstić information content (AvgIpc) is 2.42. The van der Waals surface area contributed by atoms with E-state index >= 15 is 0 Å². The van der Waals surface area contributed by atoms with Gasteiger partial charge in [0.15, 0.2) is 0 Å². The number of carbonyl (C=O) groups excluding carboxylic acids is 1. The van der Waals surface area contributed by atoms with Crippen LogP contribution in [0.25, 0.3) is 0 Å². The van der Waals surface area contributed by atoms with Crippen molar-refractivity contribution in [3.05, 3.63) is 0 Å². The third-order valence-corrected chi connectivity index (χ3v) is 4.79. The summed E-state index contributed by atoms with van der Waals surface area (Å²) < 4.78 is 0. The predicted octanol–water partition coefficient (Wildman–Crippen LogP) is 1.77. The first-order valence-electron chi connectivity index (χ1n) is 7.89. The maximum absolute atomic E-state index is 12.0. The minimum Gasteiger partial charge on any atom is -0.352 e. The zero-order chi connectivity index (χ0) is 13.7. The molecule has 20 heavy (non-hydrogen) atoms. The summed E-state index contributed by atoms with van der Waals surface area (Å²) in [5, 5.41) is 3.21. The van der Waals surface area contributed by atoms with Gasteiger partial charge in [0, 0.05) is 6.04 Å². The van der Waals surface area contributed by atoms with Gasteiger partial charge in [-0.2, -0.15) is 0 Å². The van der Waals surface area contributed by atoms with E-state index in [0.29, 0.717) is 18.5 Å². The Hall–Kier alpha value is -0.320. The number of halogens is 1. The fraction of sp³-hybridized carbons (Fsp3) is 0.933. The molecule has 1 amide bonds. The lowest BCUT2D eigenvalue weighted by Gasteiger charge is -2.32. The maximum atomic E-state index is 12.0. The lowest BCUT2D eigenvalue weighted by molar-refractivity contribution is -0.123. The molecule has 2 fully saturated rings. The van der Waals surface area contributed by atoms with Gasteiger partial charge in [0.25, 0.3) is 0 Å². The lowest BCUT2D eigenvalue weighted by Crippen LogP contribution is -2.45. The normalized spacial score (nSPS) is 28.7. The second kappa shape index (κ2) is 8.85. The van der Waals surface area contributed by atoms with Crippen LogP contribution in [0.4, 0.5) is 0 Å². The van der Waals surface area contributed by atoms with E-state index in [1.807, 2.05) is 0 Å². The van der Waals surface area contributed by atoms with E-state index in [-0.39, 0.29) is 18.3 Å². The second-order valence-corrected chi connectivity index (χ2v) is 6.48. The maximum Gasteiger partial charge on any atom is 0.234 e. The van der Waals surface area contributed by atoms with Crippen LogP contribution in [-0.2, 0) is 4.79 Å². The number of carbonyl (C=O) groups is 1. The smallest absolute Gasteiger partial charge is 0.234 e. The molecule has 118 valence electrons. The van der Waals surface area contributed by atoms with E-state index in [4.69, 9.17) is 5.73 Å². The number of likely N-dealkylation sites (tertiary alicyclic amines) is 1. The number of piperidine rings is 1. The highest BCUT2D eigenvalue weighted by Gasteiger charge is 2.23. The molecule has 3 N–H and O–H groups in total. The van der Waals surface area contributed by atoms with Crippen LogP contribution in [0.2, 0.25) is 0 Å². The highest BCUT2D eigenvalue weighted by molar-refractivity contribution is 5.85. The van der Waals surface area contributed by atoms with E-state index < -0.39 is 0 Å². The van der Waals surface area contributed by atoms with E-state index in [9.17, 15) is 4.79 Å². The lowest BCUT2D eigenvalue weighted by atomic mass is 9.87. The van der Waals surface area contributed by atoms with Gasteiger partial charge in [-0.3, -0.25) is 9.69 Å². The third-order valence-electron chi connectivity index (χ3n) is 4.79. The van der Waals surface area contributed by atoms with Crippen LogP contribution in [0.3, 0.4) is 0 Å². The van der Waals surface area contributed by atoms with Crippen LogP contribution < -0.4 is 11.1 Å². The molecule has 1 saturated carbocycles. The minimum atomic E-state index is 0. The molecule has 0 unspecified atom stereocenters. The van der Waals surface area contributed by atoms with Crippen LogP contribution in [-0.4, -0.2) is 43.0 Å². The molecule has 0 spiro atoms. The first-order valence-corrected chi connectivity index (χ1v) is 7.89. The fourth-order valence-electron chi connectivity index (χ4n) is 3.26. The van der Waals surface area contributed by atoms with Crippen LogP contribution in [0, 0.1) is 11.8 Å². The Bertz CT molecular complexity index is 285. The predicted molar refractivity (Wildman–Crippen MR) is 85.0 cm³/mol. The molecule has 1 aliphatic carbocycles. The van der Waals surface area contributed by atoms with Crippen LogP contribution in [0.15, 0.2) is 0 Å². The van der Waals surface area contributed by atoms with Crippen LogP contribution in [0.5, 0.6) is 0 Å². The summed E-state index contributed by atoms with van der Waals surface area (Å²) in [7, 11) is 0. The molecule has 5 heteroatoms. The Morgan fingerprint density at radius 3 is 2.30 bits per heavy atom. The summed E-state index contributed by atoms with van der Waals surface area (Å²) in [6.07, 6.45) is 7.11. The molecular formula is C15H30ClN3O. The van der Waals surface area contributed by atoms with Gasteiger partial charge in [0.1, 0.15) is 0 Å². The van der Waals surface area contributed by atoms with Crippen LogP contribution in [0.1, 0.15) is 45.4 Å². The zero-order valence-corrected chi connectivity index (χ0v) is 13.5. The van der Waals surface area contributed by atoms with Crippen LogP contribution >= 0.6 is 12.4 Å². The fourth-order valence-corrected chi connectivity index (χ4v) is 3.26. The summed E-state index contributed by atoms with van der Waals surface area (Å²) in [6, 6.07) is 0.422. The molecule has 0 aromatic heterocycles. The molecule has 1 aliphatic heterocycles. The van der Waals surface area contributed by atoms with Crippen molar-refractivity contribution in [1.29, 1.82) is 0 Å². The molecule has 0 aromatic carbocycles. The first kappa shape index (κ1) is 17.7. The molecule has 2 aliphatic rings. The van der Waals surface area contributed by atoms with Crippen molar-refractivity contribution in [3.63, 3.8) is 0 Å². The Kier molecular flexibility index (Phi) is 7.85. The summed E-state index contributed by atoms with van der Waals surface area (Å²) in [5.74, 6) is 1.72. The number of nitrogens with two attached hydrogens (primary N) is 1. The first-order chi connectivity index (χ1) is 9.17. The van der Waals surface area contributed by atoms with Crippen molar-refractivity contribution in [1.82, 2.24) is 10.2 Å². The van der Waals surface area contributed by atoms with E-state index in [0.717, 1.165) is 51.2 Å². The van der Waals surface area contributed by atoms with Crippen molar-refractivity contribution < 1.29 is 4.79 Å². The molecule has 2 rings (SSSR count). The highest BCUT2D eigenvalue weighted by Crippen LogP contribution is 2.23. The van der Waals surface area contributed by atoms with E-state index in [1.165, 1.54) is 12.8 Å². The topological polar surface area (TPSA) is 58.4 Å². The summed E-state index contributed by atoms with van der Waals surface area (Å²) >= 11 is 0. The summed E-state index contributed by atoms with van der Waals surface area (Å²) in [6.45, 7) is 5.72. The SMILES string of the molecule is CC1CCC(NC(=O)CN2CCC(CN)CC2)CC1.Cl. The quantitative estimate of drug-likeness (QED) is 0.832. The number of amides is 1. The standard InChI is InChI=1S/C15H29N3O.ClH/c1-12-2-4-14(5-3-12)17-15(19)11-18-8-6-13(10-16)7-9-18;/h12-14H,2-11,16H2,1H3,(H,17,19);1H. The molecule has 1 heterocycles. The summed E-state index contributed by atoms with van der Waals surface area (Å²) in [4.78, 5) is 14.3. The Labute approximate surface area is 129 Å². The van der Waals surface area contributed by atoms with Crippen molar-refractivity contribution in [2.75, 3.05) is 26.2 Å². The van der Waals surface area contributed by atoms with Crippen molar-refractivity contribution in [2.24, 2.45) is 17.6 Å². The van der Waals surface area contributed by atoms with Gasteiger partial charge >= 0.3 is 0 Å². The average molecular weight is 304 g/mol. The summed E-state index contributed by atoms with van der Waals surface area (Å²) in [5.41, 5.74) is 5.69. The van der Waals surface area contributed by atoms with Crippen molar-refractivity contribution in [3.8, 4) is 0 Å². The van der Waals surface area contributed by atoms with Crippen molar-refractivity contribution >= 4 is 18.3 Å². The molecule has 0 atom stereocenters. The highest BCUT2D eigenvalue weighted by atomic mass is 35.5. The van der Waals surface area contributed by atoms with Gasteiger partial charge < -0.3 is 11.1 Å². The molecule has 0 radical (unpaired) electrons. The number of nitrogens with zero attached hydrogens (tertiary/aromatic N) is 1. The third kappa shape index (κ3) is 5.58. The minimum absolute atomic E-state index is 0. The zero-order valence-electron chi connectivity index (χ0n) is 12.6. The Balaban J connectivity index is 0.00000200. The van der Waals surface area contributed by atoms with Gasteiger partial charge in [0.2, 0.25) is 5.91 Å². The number of nitrogens with one attached hydrogen (secondary N) is 1. The second-order valence-electron chi connectivity index (χ2n) is 6.48. The van der Waals surface area contributed by atoms with E-state index in [2.05, 4.69) is 17.1 Å². The van der Waals surface area contributed by atoms with Gasteiger partial charge in [0.05, 0.1) is 6.54 Å². The van der Waals surface area contributed by atoms with E-state index in [1.54, 1.807) is 0 Å². The van der Waals surface area contributed by atoms with Gasteiger partial charge in [-0.15, -0.1) is 12.4 Å². The Morgan fingerprint density at radius 2 is 1.75 bits per heavy atom. The molecule has 1 saturated heterocycles.